The van der Waals surface area contributed by atoms with Crippen molar-refractivity contribution in [2.24, 2.45) is 0 Å². The van der Waals surface area contributed by atoms with Crippen molar-refractivity contribution in [3.63, 3.8) is 0 Å². The topological polar surface area (TPSA) is 41.6 Å². The molecule has 3 rings (SSSR count). The third-order valence-corrected chi connectivity index (χ3v) is 3.37. The molecule has 0 spiro atoms. The fourth-order valence-corrected chi connectivity index (χ4v) is 2.37. The molecular weight excluding hydrogens is 258 g/mol. The van der Waals surface area contributed by atoms with Crippen LogP contribution in [0.3, 0.4) is 0 Å². The van der Waals surface area contributed by atoms with Crippen molar-refractivity contribution in [1.29, 1.82) is 5.26 Å². The Balaban J connectivity index is 2.12. The summed E-state index contributed by atoms with van der Waals surface area (Å²) in [6.45, 7) is 2.06. The highest BCUT2D eigenvalue weighted by molar-refractivity contribution is 5.64. The van der Waals surface area contributed by atoms with Crippen LogP contribution in [0.2, 0.25) is 0 Å². The molecule has 0 radical (unpaired) electrons. The zero-order valence-electron chi connectivity index (χ0n) is 11.8. The summed E-state index contributed by atoms with van der Waals surface area (Å²) in [6, 6.07) is 20.4. The maximum Gasteiger partial charge on any atom is 0.0970 e. The van der Waals surface area contributed by atoms with Gasteiger partial charge in [-0.25, -0.2) is 4.68 Å². The van der Waals surface area contributed by atoms with Gasteiger partial charge in [-0.3, -0.25) is 0 Å². The molecule has 3 aromatic rings. The molecule has 3 nitrogen and oxygen atoms in total. The van der Waals surface area contributed by atoms with E-state index in [1.165, 1.54) is 5.56 Å². The first-order valence-corrected chi connectivity index (χ1v) is 6.86. The zero-order chi connectivity index (χ0) is 14.7. The Bertz CT molecular complexity index is 795. The fraction of sp³-hybridized carbons (Fsp3) is 0.111. The Morgan fingerprint density at radius 1 is 1.10 bits per heavy atom. The van der Waals surface area contributed by atoms with Crippen molar-refractivity contribution >= 4 is 0 Å². The van der Waals surface area contributed by atoms with Crippen molar-refractivity contribution in [2.45, 2.75) is 13.3 Å². The lowest BCUT2D eigenvalue weighted by atomic mass is 10.0. The van der Waals surface area contributed by atoms with Gasteiger partial charge in [0, 0.05) is 17.3 Å². The molecule has 0 aliphatic rings. The fourth-order valence-electron chi connectivity index (χ4n) is 2.37. The van der Waals surface area contributed by atoms with Crippen LogP contribution in [0.15, 0.2) is 60.8 Å². The second kappa shape index (κ2) is 5.64. The van der Waals surface area contributed by atoms with Crippen LogP contribution >= 0.6 is 0 Å². The van der Waals surface area contributed by atoms with Crippen LogP contribution in [0.4, 0.5) is 0 Å². The maximum atomic E-state index is 9.04. The Morgan fingerprint density at radius 2 is 1.90 bits per heavy atom. The molecule has 0 fully saturated rings. The first-order valence-electron chi connectivity index (χ1n) is 6.86. The number of aromatic nitrogens is 2. The molecule has 0 N–H and O–H groups in total. The average molecular weight is 273 g/mol. The van der Waals surface area contributed by atoms with Crippen LogP contribution in [-0.2, 0) is 6.42 Å². The van der Waals surface area contributed by atoms with Crippen molar-refractivity contribution in [3.05, 3.63) is 71.9 Å². The van der Waals surface area contributed by atoms with Gasteiger partial charge in [-0.1, -0.05) is 42.0 Å². The van der Waals surface area contributed by atoms with E-state index >= 15 is 0 Å². The van der Waals surface area contributed by atoms with E-state index < -0.39 is 0 Å². The van der Waals surface area contributed by atoms with Crippen LogP contribution in [0.5, 0.6) is 0 Å². The lowest BCUT2D eigenvalue weighted by Gasteiger charge is -2.01. The Morgan fingerprint density at radius 3 is 2.62 bits per heavy atom. The summed E-state index contributed by atoms with van der Waals surface area (Å²) in [5, 5.41) is 13.7. The number of benzene rings is 2. The zero-order valence-corrected chi connectivity index (χ0v) is 11.8. The summed E-state index contributed by atoms with van der Waals surface area (Å²) in [5.41, 5.74) is 5.06. The summed E-state index contributed by atoms with van der Waals surface area (Å²) in [6.07, 6.45) is 2.30. The van der Waals surface area contributed by atoms with Gasteiger partial charge >= 0.3 is 0 Å². The third kappa shape index (κ3) is 2.70. The minimum Gasteiger partial charge on any atom is -0.240 e. The number of rotatable bonds is 3. The molecule has 0 bridgehead atoms. The molecular formula is C18H15N3. The van der Waals surface area contributed by atoms with Gasteiger partial charge in [0.1, 0.15) is 0 Å². The second-order valence-corrected chi connectivity index (χ2v) is 4.99. The lowest BCUT2D eigenvalue weighted by Crippen LogP contribution is -1.94. The number of aryl methyl sites for hydroxylation is 1. The number of hydrogen-bond donors (Lipinski definition) is 0. The SMILES string of the molecule is Cc1cccc(-c2nn(-c3ccccc3)cc2CC#N)c1. The summed E-state index contributed by atoms with van der Waals surface area (Å²) in [4.78, 5) is 0. The molecule has 1 aromatic heterocycles. The van der Waals surface area contributed by atoms with Crippen LogP contribution < -0.4 is 0 Å². The molecule has 3 heteroatoms. The monoisotopic (exact) mass is 273 g/mol. The summed E-state index contributed by atoms with van der Waals surface area (Å²) < 4.78 is 1.84. The Labute approximate surface area is 124 Å². The molecule has 0 unspecified atom stereocenters. The van der Waals surface area contributed by atoms with Crippen LogP contribution in [0, 0.1) is 18.3 Å². The van der Waals surface area contributed by atoms with Gasteiger partial charge in [0.05, 0.1) is 23.9 Å². The minimum atomic E-state index is 0.357. The molecule has 21 heavy (non-hydrogen) atoms. The molecule has 0 saturated carbocycles. The highest BCUT2D eigenvalue weighted by atomic mass is 15.3. The molecule has 0 amide bonds. The smallest absolute Gasteiger partial charge is 0.0970 e. The normalized spacial score (nSPS) is 10.3. The van der Waals surface area contributed by atoms with Gasteiger partial charge in [0.15, 0.2) is 0 Å². The van der Waals surface area contributed by atoms with Gasteiger partial charge in [0.25, 0.3) is 0 Å². The van der Waals surface area contributed by atoms with Crippen LogP contribution in [0.25, 0.3) is 16.9 Å². The molecule has 0 saturated heterocycles. The van der Waals surface area contributed by atoms with Crippen molar-refractivity contribution in [1.82, 2.24) is 9.78 Å². The Kier molecular flexibility index (Phi) is 3.53. The van der Waals surface area contributed by atoms with Crippen LogP contribution in [0.1, 0.15) is 11.1 Å². The number of para-hydroxylation sites is 1. The highest BCUT2D eigenvalue weighted by Gasteiger charge is 2.12. The van der Waals surface area contributed by atoms with Gasteiger partial charge in [0.2, 0.25) is 0 Å². The van der Waals surface area contributed by atoms with E-state index in [2.05, 4.69) is 30.2 Å². The van der Waals surface area contributed by atoms with E-state index in [1.54, 1.807) is 0 Å². The molecule has 1 heterocycles. The van der Waals surface area contributed by atoms with Gasteiger partial charge in [-0.05, 0) is 25.1 Å². The van der Waals surface area contributed by atoms with E-state index in [0.717, 1.165) is 22.5 Å². The highest BCUT2D eigenvalue weighted by Crippen LogP contribution is 2.24. The summed E-state index contributed by atoms with van der Waals surface area (Å²) in [7, 11) is 0. The van der Waals surface area contributed by atoms with E-state index in [-0.39, 0.29) is 0 Å². The lowest BCUT2D eigenvalue weighted by molar-refractivity contribution is 0.883. The summed E-state index contributed by atoms with van der Waals surface area (Å²) in [5.74, 6) is 0. The predicted octanol–water partition coefficient (Wildman–Crippen LogP) is 3.91. The predicted molar refractivity (Wildman–Crippen MR) is 83.1 cm³/mol. The summed E-state index contributed by atoms with van der Waals surface area (Å²) >= 11 is 0. The quantitative estimate of drug-likeness (QED) is 0.726. The van der Waals surface area contributed by atoms with E-state index in [9.17, 15) is 0 Å². The minimum absolute atomic E-state index is 0.357. The van der Waals surface area contributed by atoms with Gasteiger partial charge < -0.3 is 0 Å². The average Bonchev–Trinajstić information content (AvgIpc) is 2.93. The standard InChI is InChI=1S/C18H15N3/c1-14-6-5-7-15(12-14)18-16(10-11-19)13-21(20-18)17-8-3-2-4-9-17/h2-9,12-13H,10H2,1H3. The second-order valence-electron chi connectivity index (χ2n) is 4.99. The van der Waals surface area contributed by atoms with E-state index in [1.807, 2.05) is 53.3 Å². The maximum absolute atomic E-state index is 9.04. The van der Waals surface area contributed by atoms with E-state index in [4.69, 9.17) is 5.26 Å². The first-order chi connectivity index (χ1) is 10.3. The molecule has 2 aromatic carbocycles. The third-order valence-electron chi connectivity index (χ3n) is 3.37. The van der Waals surface area contributed by atoms with Crippen molar-refractivity contribution < 1.29 is 0 Å². The van der Waals surface area contributed by atoms with Gasteiger partial charge in [-0.2, -0.15) is 10.4 Å². The van der Waals surface area contributed by atoms with Crippen molar-refractivity contribution in [3.8, 4) is 23.0 Å². The van der Waals surface area contributed by atoms with E-state index in [0.29, 0.717) is 6.42 Å². The molecule has 0 aliphatic carbocycles. The number of nitriles is 1. The van der Waals surface area contributed by atoms with Crippen LogP contribution in [-0.4, -0.2) is 9.78 Å². The first kappa shape index (κ1) is 13.1. The number of hydrogen-bond acceptors (Lipinski definition) is 2. The van der Waals surface area contributed by atoms with Crippen molar-refractivity contribution in [2.75, 3.05) is 0 Å². The largest absolute Gasteiger partial charge is 0.240 e. The number of nitrogens with zero attached hydrogens (tertiary/aromatic N) is 3. The molecule has 0 atom stereocenters. The Hall–Kier alpha value is -2.86. The molecule has 102 valence electrons. The van der Waals surface area contributed by atoms with Gasteiger partial charge in [-0.15, -0.1) is 0 Å². The molecule has 0 aliphatic heterocycles.